The monoisotopic (exact) mass is 311 g/mol. The highest BCUT2D eigenvalue weighted by Crippen LogP contribution is 2.22. The van der Waals surface area contributed by atoms with Gasteiger partial charge < -0.3 is 11.1 Å². The molecule has 5 nitrogen and oxygen atoms in total. The Balaban J connectivity index is 2.15. The molecule has 7 heteroatoms. The van der Waals surface area contributed by atoms with Crippen molar-refractivity contribution in [3.63, 3.8) is 0 Å². The second kappa shape index (κ2) is 5.82. The lowest BCUT2D eigenvalue weighted by molar-refractivity contribution is 0.598. The molecule has 0 aliphatic rings. The quantitative estimate of drug-likeness (QED) is 0.737. The van der Waals surface area contributed by atoms with Crippen LogP contribution in [0.5, 0.6) is 0 Å². The van der Waals surface area contributed by atoms with Crippen molar-refractivity contribution in [2.45, 2.75) is 24.8 Å². The standard InChI is InChI=1S/C13H17N3O2S2/c1-2-11-3-4-12(19-11)8-16-10-5-9(14)6-13(7-10)20(15,17)18/h3-7,16H,2,8,14H2,1H3,(H2,15,17,18). The maximum atomic E-state index is 11.4. The van der Waals surface area contributed by atoms with Gasteiger partial charge in [0.05, 0.1) is 4.90 Å². The summed E-state index contributed by atoms with van der Waals surface area (Å²) in [6.07, 6.45) is 1.01. The predicted molar refractivity (Wildman–Crippen MR) is 83.3 cm³/mol. The van der Waals surface area contributed by atoms with Gasteiger partial charge in [0.25, 0.3) is 0 Å². The van der Waals surface area contributed by atoms with Gasteiger partial charge in [-0.3, -0.25) is 0 Å². The van der Waals surface area contributed by atoms with Crippen molar-refractivity contribution >= 4 is 32.7 Å². The smallest absolute Gasteiger partial charge is 0.238 e. The molecule has 0 aliphatic carbocycles. The zero-order valence-electron chi connectivity index (χ0n) is 11.1. The maximum Gasteiger partial charge on any atom is 0.238 e. The fourth-order valence-electron chi connectivity index (χ4n) is 1.78. The average Bonchev–Trinajstić information content (AvgIpc) is 2.82. The topological polar surface area (TPSA) is 98.2 Å². The van der Waals surface area contributed by atoms with E-state index in [-0.39, 0.29) is 4.90 Å². The van der Waals surface area contributed by atoms with E-state index in [1.165, 1.54) is 21.9 Å². The van der Waals surface area contributed by atoms with Gasteiger partial charge in [-0.25, -0.2) is 13.6 Å². The summed E-state index contributed by atoms with van der Waals surface area (Å²) in [6.45, 7) is 2.73. The van der Waals surface area contributed by atoms with Crippen molar-refractivity contribution in [3.8, 4) is 0 Å². The van der Waals surface area contributed by atoms with E-state index < -0.39 is 10.0 Å². The second-order valence-corrected chi connectivity index (χ2v) is 7.23. The van der Waals surface area contributed by atoms with E-state index in [0.29, 0.717) is 17.9 Å². The van der Waals surface area contributed by atoms with Gasteiger partial charge in [0.1, 0.15) is 0 Å². The lowest BCUT2D eigenvalue weighted by Gasteiger charge is -2.08. The number of hydrogen-bond acceptors (Lipinski definition) is 5. The Hall–Kier alpha value is -1.57. The molecule has 0 saturated carbocycles. The van der Waals surface area contributed by atoms with Crippen LogP contribution in [0, 0.1) is 0 Å². The first-order chi connectivity index (χ1) is 9.38. The molecule has 0 atom stereocenters. The summed E-state index contributed by atoms with van der Waals surface area (Å²) in [5.74, 6) is 0. The van der Waals surface area contributed by atoms with E-state index in [0.717, 1.165) is 6.42 Å². The summed E-state index contributed by atoms with van der Waals surface area (Å²) in [7, 11) is -3.75. The van der Waals surface area contributed by atoms with Gasteiger partial charge in [0.15, 0.2) is 0 Å². The number of thiophene rings is 1. The molecule has 20 heavy (non-hydrogen) atoms. The molecule has 1 aromatic carbocycles. The number of hydrogen-bond donors (Lipinski definition) is 3. The van der Waals surface area contributed by atoms with E-state index in [1.54, 1.807) is 17.4 Å². The molecule has 1 aromatic heterocycles. The summed E-state index contributed by atoms with van der Waals surface area (Å²) in [6, 6.07) is 8.67. The van der Waals surface area contributed by atoms with Crippen LogP contribution in [0.3, 0.4) is 0 Å². The molecule has 0 bridgehead atoms. The van der Waals surface area contributed by atoms with Crippen LogP contribution in [-0.4, -0.2) is 8.42 Å². The van der Waals surface area contributed by atoms with Crippen molar-refractivity contribution in [1.29, 1.82) is 0 Å². The lowest BCUT2D eigenvalue weighted by Crippen LogP contribution is -2.13. The van der Waals surface area contributed by atoms with Gasteiger partial charge in [0.2, 0.25) is 10.0 Å². The summed E-state index contributed by atoms with van der Waals surface area (Å²) >= 11 is 1.73. The number of nitrogens with one attached hydrogen (secondary N) is 1. The predicted octanol–water partition coefficient (Wildman–Crippen LogP) is 2.15. The van der Waals surface area contributed by atoms with Gasteiger partial charge in [0, 0.05) is 27.7 Å². The number of benzene rings is 1. The molecule has 0 amide bonds. The molecule has 0 unspecified atom stereocenters. The first-order valence-electron chi connectivity index (χ1n) is 6.13. The minimum Gasteiger partial charge on any atom is -0.399 e. The Morgan fingerprint density at radius 3 is 2.50 bits per heavy atom. The minimum absolute atomic E-state index is 0.0143. The SMILES string of the molecule is CCc1ccc(CNc2cc(N)cc(S(N)(=O)=O)c2)s1. The summed E-state index contributed by atoms with van der Waals surface area (Å²) in [5, 5.41) is 8.28. The van der Waals surface area contributed by atoms with E-state index in [9.17, 15) is 8.42 Å². The summed E-state index contributed by atoms with van der Waals surface area (Å²) in [4.78, 5) is 2.52. The molecule has 108 valence electrons. The van der Waals surface area contributed by atoms with E-state index in [4.69, 9.17) is 10.9 Å². The van der Waals surface area contributed by atoms with Crippen LogP contribution in [0.1, 0.15) is 16.7 Å². The molecule has 0 radical (unpaired) electrons. The number of nitrogen functional groups attached to an aromatic ring is 1. The van der Waals surface area contributed by atoms with Crippen LogP contribution in [0.4, 0.5) is 11.4 Å². The fourth-order valence-corrected chi connectivity index (χ4v) is 3.27. The highest BCUT2D eigenvalue weighted by Gasteiger charge is 2.10. The number of primary sulfonamides is 1. The van der Waals surface area contributed by atoms with E-state index >= 15 is 0 Å². The molecular weight excluding hydrogens is 294 g/mol. The van der Waals surface area contributed by atoms with E-state index in [1.807, 2.05) is 0 Å². The molecule has 1 heterocycles. The van der Waals surface area contributed by atoms with Gasteiger partial charge in [-0.05, 0) is 36.8 Å². The van der Waals surface area contributed by atoms with Gasteiger partial charge in [-0.2, -0.15) is 0 Å². The molecule has 5 N–H and O–H groups in total. The Morgan fingerprint density at radius 2 is 1.90 bits per heavy atom. The molecule has 0 saturated heterocycles. The van der Waals surface area contributed by atoms with Crippen LogP contribution in [0.2, 0.25) is 0 Å². The maximum absolute atomic E-state index is 11.4. The number of nitrogens with two attached hydrogens (primary N) is 2. The van der Waals surface area contributed by atoms with Crippen LogP contribution < -0.4 is 16.2 Å². The normalized spacial score (nSPS) is 11.5. The molecule has 2 rings (SSSR count). The third-order valence-electron chi connectivity index (χ3n) is 2.79. The summed E-state index contributed by atoms with van der Waals surface area (Å²) in [5.41, 5.74) is 6.69. The summed E-state index contributed by atoms with van der Waals surface area (Å²) < 4.78 is 22.7. The van der Waals surface area contributed by atoms with Crippen LogP contribution in [0.15, 0.2) is 35.2 Å². The highest BCUT2D eigenvalue weighted by molar-refractivity contribution is 7.89. The highest BCUT2D eigenvalue weighted by atomic mass is 32.2. The average molecular weight is 311 g/mol. The van der Waals surface area contributed by atoms with Crippen molar-refractivity contribution < 1.29 is 8.42 Å². The number of sulfonamides is 1. The van der Waals surface area contributed by atoms with Crippen molar-refractivity contribution in [3.05, 3.63) is 40.1 Å². The van der Waals surface area contributed by atoms with Crippen LogP contribution in [0.25, 0.3) is 0 Å². The Morgan fingerprint density at radius 1 is 1.20 bits per heavy atom. The number of anilines is 2. The van der Waals surface area contributed by atoms with Crippen LogP contribution in [-0.2, 0) is 23.0 Å². The molecule has 0 spiro atoms. The van der Waals surface area contributed by atoms with Gasteiger partial charge in [-0.15, -0.1) is 11.3 Å². The fraction of sp³-hybridized carbons (Fsp3) is 0.231. The minimum atomic E-state index is -3.75. The Bertz CT molecular complexity index is 708. The van der Waals surface area contributed by atoms with Crippen molar-refractivity contribution in [2.24, 2.45) is 5.14 Å². The van der Waals surface area contributed by atoms with E-state index in [2.05, 4.69) is 24.4 Å². The third-order valence-corrected chi connectivity index (χ3v) is 4.91. The van der Waals surface area contributed by atoms with Gasteiger partial charge in [-0.1, -0.05) is 6.92 Å². The zero-order valence-corrected chi connectivity index (χ0v) is 12.7. The lowest BCUT2D eigenvalue weighted by atomic mass is 10.3. The first-order valence-corrected chi connectivity index (χ1v) is 8.49. The molecule has 0 fully saturated rings. The Kier molecular flexibility index (Phi) is 4.32. The number of aryl methyl sites for hydroxylation is 1. The van der Waals surface area contributed by atoms with Crippen LogP contribution >= 0.6 is 11.3 Å². The number of rotatable bonds is 5. The van der Waals surface area contributed by atoms with Gasteiger partial charge >= 0.3 is 0 Å². The zero-order chi connectivity index (χ0) is 14.8. The first kappa shape index (κ1) is 14.8. The second-order valence-electron chi connectivity index (χ2n) is 4.41. The van der Waals surface area contributed by atoms with Crippen molar-refractivity contribution in [1.82, 2.24) is 0 Å². The molecule has 0 aliphatic heterocycles. The Labute approximate surface area is 122 Å². The largest absolute Gasteiger partial charge is 0.399 e. The van der Waals surface area contributed by atoms with Crippen molar-refractivity contribution in [2.75, 3.05) is 11.1 Å². The molecular formula is C13H17N3O2S2. The third kappa shape index (κ3) is 3.72. The molecule has 2 aromatic rings.